The third kappa shape index (κ3) is 6.03. The van der Waals surface area contributed by atoms with Crippen LogP contribution in [-0.2, 0) is 37.4 Å². The van der Waals surface area contributed by atoms with Crippen LogP contribution in [0, 0.1) is 0 Å². The third-order valence-electron chi connectivity index (χ3n) is 5.09. The van der Waals surface area contributed by atoms with Crippen LogP contribution < -0.4 is 5.32 Å². The molecule has 1 amide bonds. The van der Waals surface area contributed by atoms with Gasteiger partial charge in [0, 0.05) is 56.6 Å². The van der Waals surface area contributed by atoms with Crippen molar-refractivity contribution < 1.29 is 18.0 Å². The van der Waals surface area contributed by atoms with E-state index in [1.54, 1.807) is 23.3 Å². The van der Waals surface area contributed by atoms with Crippen LogP contribution in [0.4, 0.5) is 13.2 Å². The van der Waals surface area contributed by atoms with E-state index in [0.717, 1.165) is 34.5 Å². The van der Waals surface area contributed by atoms with Crippen LogP contribution in [0.1, 0.15) is 28.1 Å². The van der Waals surface area contributed by atoms with Crippen molar-refractivity contribution >= 4 is 5.91 Å². The number of hydrogen-bond donors (Lipinski definition) is 1. The maximum absolute atomic E-state index is 12.8. The lowest BCUT2D eigenvalue weighted by Gasteiger charge is -2.09. The van der Waals surface area contributed by atoms with Gasteiger partial charge in [-0.2, -0.15) is 18.3 Å². The first-order valence-electron chi connectivity index (χ1n) is 10.4. The molecule has 0 aliphatic rings. The molecule has 4 aromatic rings. The average molecular weight is 466 g/mol. The molecule has 0 unspecified atom stereocenters. The highest BCUT2D eigenvalue weighted by atomic mass is 19.4. The molecule has 0 radical (unpaired) electrons. The number of amides is 1. The molecular weight excluding hydrogens is 445 g/mol. The zero-order valence-corrected chi connectivity index (χ0v) is 18.3. The summed E-state index contributed by atoms with van der Waals surface area (Å²) in [6.45, 7) is -0.0312. The van der Waals surface area contributed by atoms with Gasteiger partial charge in [0.1, 0.15) is 5.82 Å². The second-order valence-corrected chi connectivity index (χ2v) is 7.82. The maximum atomic E-state index is 12.8. The van der Waals surface area contributed by atoms with E-state index < -0.39 is 11.7 Å². The van der Waals surface area contributed by atoms with E-state index in [2.05, 4.69) is 25.4 Å². The van der Waals surface area contributed by atoms with Gasteiger partial charge in [-0.05, 0) is 28.3 Å². The highest BCUT2D eigenvalue weighted by molar-refractivity contribution is 5.78. The highest BCUT2D eigenvalue weighted by Gasteiger charge is 2.30. The first-order chi connectivity index (χ1) is 16.3. The molecule has 0 bridgehead atoms. The molecule has 0 aliphatic heterocycles. The Hall–Kier alpha value is -4.08. The van der Waals surface area contributed by atoms with Gasteiger partial charge in [0.25, 0.3) is 0 Å². The van der Waals surface area contributed by atoms with Crippen LogP contribution in [-0.4, -0.2) is 30.6 Å². The minimum atomic E-state index is -4.47. The number of aryl methyl sites for hydroxylation is 1. The first kappa shape index (κ1) is 23.1. The van der Waals surface area contributed by atoms with Crippen LogP contribution in [0.25, 0.3) is 11.1 Å². The summed E-state index contributed by atoms with van der Waals surface area (Å²) in [5, 5.41) is 6.76. The summed E-state index contributed by atoms with van der Waals surface area (Å²) >= 11 is 0. The fourth-order valence-corrected chi connectivity index (χ4v) is 3.34. The lowest BCUT2D eigenvalue weighted by Crippen LogP contribution is -2.24. The SMILES string of the molecule is Cn1cc(Cc2ncc(-c3ccc(CC(=O)NCc4cncc(C(F)(F)F)c4)cc3)cn2)cn1. The van der Waals surface area contributed by atoms with Gasteiger partial charge in [-0.25, -0.2) is 9.97 Å². The Labute approximate surface area is 193 Å². The van der Waals surface area contributed by atoms with Crippen LogP contribution in [0.2, 0.25) is 0 Å². The topological polar surface area (TPSA) is 85.6 Å². The number of pyridine rings is 1. The van der Waals surface area contributed by atoms with Gasteiger partial charge < -0.3 is 5.32 Å². The van der Waals surface area contributed by atoms with Crippen molar-refractivity contribution in [3.63, 3.8) is 0 Å². The molecule has 174 valence electrons. The molecule has 0 saturated heterocycles. The quantitative estimate of drug-likeness (QED) is 0.449. The lowest BCUT2D eigenvalue weighted by molar-refractivity contribution is -0.137. The van der Waals surface area contributed by atoms with Gasteiger partial charge in [-0.3, -0.25) is 14.5 Å². The summed E-state index contributed by atoms with van der Waals surface area (Å²) in [6.07, 6.45) is 5.49. The number of rotatable bonds is 7. The molecule has 1 aromatic carbocycles. The number of hydrogen-bond acceptors (Lipinski definition) is 5. The molecule has 10 heteroatoms. The number of alkyl halides is 3. The van der Waals surface area contributed by atoms with E-state index in [4.69, 9.17) is 0 Å². The lowest BCUT2D eigenvalue weighted by atomic mass is 10.0. The molecule has 34 heavy (non-hydrogen) atoms. The predicted octanol–water partition coefficient (Wildman–Crippen LogP) is 3.74. The van der Waals surface area contributed by atoms with Gasteiger partial charge in [0.15, 0.2) is 0 Å². The Morgan fingerprint density at radius 3 is 2.32 bits per heavy atom. The van der Waals surface area contributed by atoms with Crippen molar-refractivity contribution in [1.29, 1.82) is 0 Å². The van der Waals surface area contributed by atoms with Crippen LogP contribution in [0.5, 0.6) is 0 Å². The Kier molecular flexibility index (Phi) is 6.67. The number of carbonyl (C=O) groups excluding carboxylic acids is 1. The molecule has 3 aromatic heterocycles. The number of nitrogens with zero attached hydrogens (tertiary/aromatic N) is 5. The molecule has 1 N–H and O–H groups in total. The fraction of sp³-hybridized carbons (Fsp3) is 0.208. The molecule has 0 spiro atoms. The van der Waals surface area contributed by atoms with Crippen LogP contribution in [0.3, 0.4) is 0 Å². The number of nitrogens with one attached hydrogen (secondary N) is 1. The van der Waals surface area contributed by atoms with Crippen molar-refractivity contribution in [3.05, 3.63) is 95.6 Å². The smallest absolute Gasteiger partial charge is 0.352 e. The summed E-state index contributed by atoms with van der Waals surface area (Å²) in [6, 6.07) is 8.37. The van der Waals surface area contributed by atoms with Crippen LogP contribution >= 0.6 is 0 Å². The standard InChI is InChI=1S/C24H21F3N6O/c1-33-15-18(11-32-33)7-22-29-12-20(13-30-22)19-4-2-16(3-5-19)8-23(34)31-10-17-6-21(14-28-9-17)24(25,26)27/h2-6,9,11-15H,7-8,10H2,1H3,(H,31,34). The molecule has 0 saturated carbocycles. The molecule has 4 rings (SSSR count). The predicted molar refractivity (Wildman–Crippen MR) is 118 cm³/mol. The van der Waals surface area contributed by atoms with Crippen molar-refractivity contribution in [3.8, 4) is 11.1 Å². The van der Waals surface area contributed by atoms with Crippen molar-refractivity contribution in [2.75, 3.05) is 0 Å². The number of aromatic nitrogens is 5. The number of carbonyl (C=O) groups is 1. The fourth-order valence-electron chi connectivity index (χ4n) is 3.34. The van der Waals surface area contributed by atoms with Gasteiger partial charge in [-0.15, -0.1) is 0 Å². The highest BCUT2D eigenvalue weighted by Crippen LogP contribution is 2.28. The Morgan fingerprint density at radius 2 is 1.68 bits per heavy atom. The van der Waals surface area contributed by atoms with Gasteiger partial charge >= 0.3 is 6.18 Å². The molecule has 7 nitrogen and oxygen atoms in total. The molecule has 3 heterocycles. The molecule has 0 aliphatic carbocycles. The van der Waals surface area contributed by atoms with Crippen molar-refractivity contribution in [2.24, 2.45) is 7.05 Å². The van der Waals surface area contributed by atoms with E-state index in [0.29, 0.717) is 12.2 Å². The summed E-state index contributed by atoms with van der Waals surface area (Å²) in [7, 11) is 1.86. The van der Waals surface area contributed by atoms with E-state index in [1.807, 2.05) is 37.5 Å². The molecular formula is C24H21F3N6O. The van der Waals surface area contributed by atoms with Crippen LogP contribution in [0.15, 0.2) is 67.5 Å². The van der Waals surface area contributed by atoms with E-state index in [1.165, 1.54) is 6.20 Å². The van der Waals surface area contributed by atoms with E-state index >= 15 is 0 Å². The number of benzene rings is 1. The zero-order chi connectivity index (χ0) is 24.1. The summed E-state index contributed by atoms with van der Waals surface area (Å²) < 4.78 is 40.1. The normalized spacial score (nSPS) is 11.4. The van der Waals surface area contributed by atoms with E-state index in [9.17, 15) is 18.0 Å². The minimum Gasteiger partial charge on any atom is -0.352 e. The molecule has 0 fully saturated rings. The summed E-state index contributed by atoms with van der Waals surface area (Å²) in [5.41, 5.74) is 3.00. The Bertz CT molecular complexity index is 1270. The van der Waals surface area contributed by atoms with Gasteiger partial charge in [0.2, 0.25) is 5.91 Å². The minimum absolute atomic E-state index is 0.0312. The molecule has 0 atom stereocenters. The summed E-state index contributed by atoms with van der Waals surface area (Å²) in [5.74, 6) is 0.397. The third-order valence-corrected chi connectivity index (χ3v) is 5.09. The van der Waals surface area contributed by atoms with Gasteiger partial charge in [-0.1, -0.05) is 24.3 Å². The Morgan fingerprint density at radius 1 is 0.941 bits per heavy atom. The maximum Gasteiger partial charge on any atom is 0.417 e. The monoisotopic (exact) mass is 466 g/mol. The second kappa shape index (κ2) is 9.82. The largest absolute Gasteiger partial charge is 0.417 e. The number of halogens is 3. The van der Waals surface area contributed by atoms with E-state index in [-0.39, 0.29) is 24.4 Å². The van der Waals surface area contributed by atoms with Gasteiger partial charge in [0.05, 0.1) is 18.2 Å². The van der Waals surface area contributed by atoms with Crippen molar-refractivity contribution in [2.45, 2.75) is 25.6 Å². The Balaban J connectivity index is 1.31. The van der Waals surface area contributed by atoms with Crippen molar-refractivity contribution in [1.82, 2.24) is 30.0 Å². The average Bonchev–Trinajstić information content (AvgIpc) is 3.23. The second-order valence-electron chi connectivity index (χ2n) is 7.82. The first-order valence-corrected chi connectivity index (χ1v) is 10.4. The summed E-state index contributed by atoms with van der Waals surface area (Å²) in [4.78, 5) is 24.7. The zero-order valence-electron chi connectivity index (χ0n) is 18.3.